The fourth-order valence-corrected chi connectivity index (χ4v) is 2.05. The van der Waals surface area contributed by atoms with Crippen LogP contribution in [0.5, 0.6) is 5.75 Å². The topological polar surface area (TPSA) is 93.4 Å². The van der Waals surface area contributed by atoms with Crippen LogP contribution in [0.4, 0.5) is 5.69 Å². The Bertz CT molecular complexity index is 733. The van der Waals surface area contributed by atoms with E-state index in [1.54, 1.807) is 38.2 Å². The molecular formula is C16H19N3O4. The van der Waals surface area contributed by atoms with Crippen molar-refractivity contribution in [3.05, 3.63) is 41.2 Å². The van der Waals surface area contributed by atoms with Gasteiger partial charge in [0.15, 0.2) is 5.69 Å². The molecule has 23 heavy (non-hydrogen) atoms. The molecule has 0 unspecified atom stereocenters. The van der Waals surface area contributed by atoms with E-state index < -0.39 is 11.9 Å². The molecule has 0 saturated carbocycles. The summed E-state index contributed by atoms with van der Waals surface area (Å²) in [5.41, 5.74) is 0.988. The Labute approximate surface area is 133 Å². The molecule has 1 amide bonds. The van der Waals surface area contributed by atoms with Gasteiger partial charge in [-0.25, -0.2) is 4.79 Å². The van der Waals surface area contributed by atoms with Crippen molar-refractivity contribution in [1.82, 2.24) is 9.78 Å². The van der Waals surface area contributed by atoms with E-state index >= 15 is 0 Å². The van der Waals surface area contributed by atoms with Crippen LogP contribution in [0.15, 0.2) is 24.3 Å². The molecule has 1 heterocycles. The first-order chi connectivity index (χ1) is 10.8. The first kappa shape index (κ1) is 16.5. The minimum atomic E-state index is -1.19. The molecule has 2 aromatic rings. The molecule has 0 saturated heterocycles. The molecule has 0 aliphatic rings. The highest BCUT2D eigenvalue weighted by Crippen LogP contribution is 2.21. The fourth-order valence-electron chi connectivity index (χ4n) is 2.05. The monoisotopic (exact) mass is 317 g/mol. The molecule has 1 aromatic heterocycles. The maximum absolute atomic E-state index is 12.3. The first-order valence-electron chi connectivity index (χ1n) is 7.14. The molecule has 2 rings (SSSR count). The van der Waals surface area contributed by atoms with Crippen molar-refractivity contribution < 1.29 is 19.4 Å². The summed E-state index contributed by atoms with van der Waals surface area (Å²) in [5, 5.41) is 15.7. The smallest absolute Gasteiger partial charge is 0.358 e. The lowest BCUT2D eigenvalue weighted by Gasteiger charge is -2.10. The van der Waals surface area contributed by atoms with Gasteiger partial charge in [0.25, 0.3) is 5.91 Å². The molecule has 0 bridgehead atoms. The number of anilines is 1. The predicted octanol–water partition coefficient (Wildman–Crippen LogP) is 2.47. The number of hydrogen-bond donors (Lipinski definition) is 2. The zero-order valence-corrected chi connectivity index (χ0v) is 13.5. The highest BCUT2D eigenvalue weighted by molar-refractivity contribution is 6.07. The quantitative estimate of drug-likeness (QED) is 0.883. The van der Waals surface area contributed by atoms with Crippen molar-refractivity contribution in [3.63, 3.8) is 0 Å². The third kappa shape index (κ3) is 3.68. The Balaban J connectivity index is 2.21. The Morgan fingerprint density at radius 3 is 2.39 bits per heavy atom. The van der Waals surface area contributed by atoms with Crippen LogP contribution >= 0.6 is 0 Å². The van der Waals surface area contributed by atoms with E-state index in [4.69, 9.17) is 9.84 Å². The molecule has 7 heteroatoms. The lowest BCUT2D eigenvalue weighted by Crippen LogP contribution is -2.15. The lowest BCUT2D eigenvalue weighted by atomic mass is 10.2. The Hall–Kier alpha value is -2.83. The number of benzene rings is 1. The minimum Gasteiger partial charge on any atom is -0.491 e. The Morgan fingerprint density at radius 1 is 1.26 bits per heavy atom. The zero-order chi connectivity index (χ0) is 17.1. The number of carboxylic acid groups (broad SMARTS) is 1. The van der Waals surface area contributed by atoms with Crippen LogP contribution in [-0.2, 0) is 7.05 Å². The van der Waals surface area contributed by atoms with Crippen molar-refractivity contribution in [2.75, 3.05) is 5.32 Å². The van der Waals surface area contributed by atoms with Gasteiger partial charge in [-0.05, 0) is 45.0 Å². The van der Waals surface area contributed by atoms with Gasteiger partial charge in [0.2, 0.25) is 0 Å². The predicted molar refractivity (Wildman–Crippen MR) is 85.1 cm³/mol. The Kier molecular flexibility index (Phi) is 4.68. The summed E-state index contributed by atoms with van der Waals surface area (Å²) in [7, 11) is 1.62. The molecule has 122 valence electrons. The second kappa shape index (κ2) is 6.51. The van der Waals surface area contributed by atoms with Gasteiger partial charge in [-0.1, -0.05) is 0 Å². The molecule has 0 atom stereocenters. The summed E-state index contributed by atoms with van der Waals surface area (Å²) in [6.07, 6.45) is 0.0471. The van der Waals surface area contributed by atoms with Crippen LogP contribution in [-0.4, -0.2) is 32.9 Å². The first-order valence-corrected chi connectivity index (χ1v) is 7.14. The Morgan fingerprint density at radius 2 is 1.87 bits per heavy atom. The van der Waals surface area contributed by atoms with E-state index in [-0.39, 0.29) is 17.5 Å². The third-order valence-corrected chi connectivity index (χ3v) is 3.26. The summed E-state index contributed by atoms with van der Waals surface area (Å²) in [6.45, 7) is 5.52. The van der Waals surface area contributed by atoms with Crippen LogP contribution < -0.4 is 10.1 Å². The maximum Gasteiger partial charge on any atom is 0.358 e. The number of amides is 1. The molecule has 0 fully saturated rings. The zero-order valence-electron chi connectivity index (χ0n) is 13.5. The molecular weight excluding hydrogens is 298 g/mol. The second-order valence-electron chi connectivity index (χ2n) is 5.38. The van der Waals surface area contributed by atoms with Crippen molar-refractivity contribution in [3.8, 4) is 5.75 Å². The number of carbonyl (C=O) groups is 2. The minimum absolute atomic E-state index is 0.0471. The molecule has 0 radical (unpaired) electrons. The van der Waals surface area contributed by atoms with Crippen LogP contribution in [0.25, 0.3) is 0 Å². The van der Waals surface area contributed by atoms with Gasteiger partial charge in [0, 0.05) is 12.6 Å². The fraction of sp³-hybridized carbons (Fsp3) is 0.312. The molecule has 7 nitrogen and oxygen atoms in total. The number of aryl methyl sites for hydroxylation is 1. The number of aromatic nitrogens is 2. The van der Waals surface area contributed by atoms with Gasteiger partial charge in [-0.15, -0.1) is 0 Å². The van der Waals surface area contributed by atoms with Crippen molar-refractivity contribution in [1.29, 1.82) is 0 Å². The van der Waals surface area contributed by atoms with Gasteiger partial charge >= 0.3 is 5.97 Å². The van der Waals surface area contributed by atoms with Gasteiger partial charge in [-0.2, -0.15) is 5.10 Å². The van der Waals surface area contributed by atoms with E-state index in [2.05, 4.69) is 10.4 Å². The number of ether oxygens (including phenoxy) is 1. The number of nitrogens with zero attached hydrogens (tertiary/aromatic N) is 2. The number of carboxylic acids is 1. The molecule has 0 spiro atoms. The third-order valence-electron chi connectivity index (χ3n) is 3.26. The van der Waals surface area contributed by atoms with E-state index in [0.717, 1.165) is 0 Å². The van der Waals surface area contributed by atoms with E-state index in [0.29, 0.717) is 17.0 Å². The number of carbonyl (C=O) groups excluding carboxylic acids is 1. The van der Waals surface area contributed by atoms with E-state index in [9.17, 15) is 9.59 Å². The van der Waals surface area contributed by atoms with Crippen LogP contribution in [0.1, 0.15) is 40.4 Å². The standard InChI is InChI=1S/C16H19N3O4/c1-9(2)23-12-7-5-11(6-8-12)15(20)17-13-10(3)19(4)18-14(13)16(21)22/h5-9H,1-4H3,(H,17,20)(H,21,22). The average molecular weight is 317 g/mol. The highest BCUT2D eigenvalue weighted by atomic mass is 16.5. The molecule has 1 aromatic carbocycles. The van der Waals surface area contributed by atoms with Gasteiger partial charge in [0.1, 0.15) is 5.75 Å². The summed E-state index contributed by atoms with van der Waals surface area (Å²) in [5.74, 6) is -0.926. The number of rotatable bonds is 5. The van der Waals surface area contributed by atoms with Gasteiger partial charge in [0.05, 0.1) is 17.5 Å². The van der Waals surface area contributed by atoms with Crippen LogP contribution in [0.2, 0.25) is 0 Å². The van der Waals surface area contributed by atoms with Crippen LogP contribution in [0, 0.1) is 6.92 Å². The highest BCUT2D eigenvalue weighted by Gasteiger charge is 2.21. The van der Waals surface area contributed by atoms with Crippen molar-refractivity contribution in [2.45, 2.75) is 26.9 Å². The second-order valence-corrected chi connectivity index (χ2v) is 5.38. The van der Waals surface area contributed by atoms with Crippen molar-refractivity contribution in [2.24, 2.45) is 7.05 Å². The van der Waals surface area contributed by atoms with E-state index in [1.807, 2.05) is 13.8 Å². The van der Waals surface area contributed by atoms with Gasteiger partial charge in [-0.3, -0.25) is 9.48 Å². The lowest BCUT2D eigenvalue weighted by molar-refractivity contribution is 0.0690. The largest absolute Gasteiger partial charge is 0.491 e. The molecule has 0 aliphatic heterocycles. The summed E-state index contributed by atoms with van der Waals surface area (Å²) >= 11 is 0. The maximum atomic E-state index is 12.3. The van der Waals surface area contributed by atoms with E-state index in [1.165, 1.54) is 4.68 Å². The summed E-state index contributed by atoms with van der Waals surface area (Å²) < 4.78 is 6.93. The summed E-state index contributed by atoms with van der Waals surface area (Å²) in [4.78, 5) is 23.5. The number of hydrogen-bond acceptors (Lipinski definition) is 4. The van der Waals surface area contributed by atoms with Crippen molar-refractivity contribution >= 4 is 17.6 Å². The van der Waals surface area contributed by atoms with Gasteiger partial charge < -0.3 is 15.2 Å². The summed E-state index contributed by atoms with van der Waals surface area (Å²) in [6, 6.07) is 6.64. The number of nitrogens with one attached hydrogen (secondary N) is 1. The van der Waals surface area contributed by atoms with Crippen LogP contribution in [0.3, 0.4) is 0 Å². The normalized spacial score (nSPS) is 10.7. The number of aromatic carboxylic acids is 1. The average Bonchev–Trinajstić information content (AvgIpc) is 2.76. The molecule has 2 N–H and O–H groups in total. The SMILES string of the molecule is Cc1c(NC(=O)c2ccc(OC(C)C)cc2)c(C(=O)O)nn1C. The molecule has 0 aliphatic carbocycles.